The zero-order chi connectivity index (χ0) is 18.8. The monoisotopic (exact) mass is 383 g/mol. The largest absolute Gasteiger partial charge is 0.338 e. The summed E-state index contributed by atoms with van der Waals surface area (Å²) in [7, 11) is 0. The van der Waals surface area contributed by atoms with Gasteiger partial charge in [-0.3, -0.25) is 19.5 Å². The van der Waals surface area contributed by atoms with Crippen molar-refractivity contribution in [1.29, 1.82) is 0 Å². The molecule has 3 aliphatic rings. The van der Waals surface area contributed by atoms with E-state index in [1.54, 1.807) is 13.1 Å². The van der Waals surface area contributed by atoms with Gasteiger partial charge in [-0.05, 0) is 54.3 Å². The molecule has 5 nitrogen and oxygen atoms in total. The fourth-order valence-electron chi connectivity index (χ4n) is 4.29. The van der Waals surface area contributed by atoms with Gasteiger partial charge < -0.3 is 4.90 Å². The fraction of sp³-hybridized carbons (Fsp3) is 0.476. The molecule has 5 rings (SSSR count). The van der Waals surface area contributed by atoms with E-state index in [1.807, 2.05) is 23.7 Å². The van der Waals surface area contributed by atoms with Crippen LogP contribution in [0, 0.1) is 5.92 Å². The molecule has 5 heterocycles. The summed E-state index contributed by atoms with van der Waals surface area (Å²) in [4.78, 5) is 34.0. The lowest BCUT2D eigenvalue weighted by molar-refractivity contribution is -0.134. The predicted octanol–water partition coefficient (Wildman–Crippen LogP) is 3.01. The second-order valence-electron chi connectivity index (χ2n) is 7.75. The maximum atomic E-state index is 13.0. The van der Waals surface area contributed by atoms with Crippen molar-refractivity contribution in [3.8, 4) is 0 Å². The van der Waals surface area contributed by atoms with E-state index < -0.39 is 0 Å². The van der Waals surface area contributed by atoms with Crippen LogP contribution in [0.15, 0.2) is 36.0 Å². The van der Waals surface area contributed by atoms with Gasteiger partial charge in [-0.1, -0.05) is 6.07 Å². The average molecular weight is 384 g/mol. The van der Waals surface area contributed by atoms with Crippen molar-refractivity contribution in [1.82, 2.24) is 14.8 Å². The highest BCUT2D eigenvalue weighted by Crippen LogP contribution is 2.29. The van der Waals surface area contributed by atoms with E-state index in [4.69, 9.17) is 0 Å². The molecule has 0 N–H and O–H groups in total. The summed E-state index contributed by atoms with van der Waals surface area (Å²) >= 11 is 1.43. The Hall–Kier alpha value is -2.05. The van der Waals surface area contributed by atoms with Crippen LogP contribution in [0.5, 0.6) is 0 Å². The van der Waals surface area contributed by atoms with Crippen molar-refractivity contribution in [3.05, 3.63) is 52.0 Å². The molecule has 0 saturated carbocycles. The zero-order valence-corrected chi connectivity index (χ0v) is 16.5. The number of thiophene rings is 1. The van der Waals surface area contributed by atoms with Crippen molar-refractivity contribution < 1.29 is 9.59 Å². The molecule has 6 heteroatoms. The van der Waals surface area contributed by atoms with Gasteiger partial charge in [0.25, 0.3) is 0 Å². The quantitative estimate of drug-likeness (QED) is 0.745. The fourth-order valence-corrected chi connectivity index (χ4v) is 5.11. The molecule has 27 heavy (non-hydrogen) atoms. The van der Waals surface area contributed by atoms with Gasteiger partial charge in [0, 0.05) is 44.6 Å². The van der Waals surface area contributed by atoms with Gasteiger partial charge in [0.1, 0.15) is 0 Å². The summed E-state index contributed by atoms with van der Waals surface area (Å²) in [5.41, 5.74) is 2.19. The van der Waals surface area contributed by atoms with Gasteiger partial charge in [0.15, 0.2) is 5.78 Å². The van der Waals surface area contributed by atoms with Crippen LogP contribution >= 0.6 is 11.3 Å². The highest BCUT2D eigenvalue weighted by molar-refractivity contribution is 7.12. The molecule has 142 valence electrons. The predicted molar refractivity (Wildman–Crippen MR) is 106 cm³/mol. The number of nitrogens with zero attached hydrogens (tertiary/aromatic N) is 3. The Bertz CT molecular complexity index is 820. The van der Waals surface area contributed by atoms with Crippen molar-refractivity contribution >= 4 is 23.0 Å². The Balaban J connectivity index is 1.42. The number of carbonyl (C=O) groups is 2. The molecule has 2 bridgehead atoms. The lowest BCUT2D eigenvalue weighted by Crippen LogP contribution is -2.47. The van der Waals surface area contributed by atoms with Crippen LogP contribution in [0.1, 0.15) is 40.6 Å². The summed E-state index contributed by atoms with van der Waals surface area (Å²) in [5, 5.41) is 1.94. The third-order valence-corrected chi connectivity index (χ3v) is 6.67. The third kappa shape index (κ3) is 4.28. The highest BCUT2D eigenvalue weighted by atomic mass is 32.1. The first-order chi connectivity index (χ1) is 13.1. The molecule has 2 aromatic heterocycles. The number of Topliss-reactive ketones (excluding diaryl/α,β-unsaturated/α-hetero) is 1. The van der Waals surface area contributed by atoms with E-state index in [0.717, 1.165) is 43.0 Å². The van der Waals surface area contributed by atoms with Gasteiger partial charge in [0.2, 0.25) is 5.91 Å². The van der Waals surface area contributed by atoms with Crippen LogP contribution < -0.4 is 0 Å². The molecule has 0 aliphatic carbocycles. The molecule has 0 radical (unpaired) electrons. The second-order valence-corrected chi connectivity index (χ2v) is 8.66. The smallest absolute Gasteiger partial charge is 0.227 e. The summed E-state index contributed by atoms with van der Waals surface area (Å²) < 4.78 is 0. The van der Waals surface area contributed by atoms with Gasteiger partial charge in [-0.25, -0.2) is 0 Å². The molecule has 3 saturated heterocycles. The third-order valence-electron chi connectivity index (χ3n) is 5.59. The first-order valence-electron chi connectivity index (χ1n) is 9.57. The first kappa shape index (κ1) is 18.3. The molecule has 0 aromatic carbocycles. The van der Waals surface area contributed by atoms with Crippen molar-refractivity contribution in [2.75, 3.05) is 19.6 Å². The minimum Gasteiger partial charge on any atom is -0.338 e. The molecule has 3 fully saturated rings. The molecule has 1 amide bonds. The van der Waals surface area contributed by atoms with E-state index in [0.29, 0.717) is 18.4 Å². The van der Waals surface area contributed by atoms with Crippen molar-refractivity contribution in [2.45, 2.75) is 38.8 Å². The van der Waals surface area contributed by atoms with Crippen LogP contribution in [-0.4, -0.2) is 52.2 Å². The maximum Gasteiger partial charge on any atom is 0.227 e. The van der Waals surface area contributed by atoms with E-state index in [2.05, 4.69) is 20.9 Å². The van der Waals surface area contributed by atoms with E-state index >= 15 is 0 Å². The number of fused-ring (bicyclic) bond motifs is 4. The zero-order valence-electron chi connectivity index (χ0n) is 15.6. The normalized spacial score (nSPS) is 22.6. The Kier molecular flexibility index (Phi) is 5.36. The van der Waals surface area contributed by atoms with E-state index in [9.17, 15) is 9.59 Å². The van der Waals surface area contributed by atoms with Gasteiger partial charge in [-0.15, -0.1) is 11.3 Å². The van der Waals surface area contributed by atoms with Gasteiger partial charge in [-0.2, -0.15) is 0 Å². The van der Waals surface area contributed by atoms with Crippen LogP contribution in [-0.2, 0) is 17.8 Å². The van der Waals surface area contributed by atoms with Gasteiger partial charge in [0.05, 0.1) is 11.3 Å². The number of piperidine rings is 1. The molecular formula is C21H25N3O2S. The van der Waals surface area contributed by atoms with Crippen molar-refractivity contribution in [3.63, 3.8) is 0 Å². The van der Waals surface area contributed by atoms with Crippen LogP contribution in [0.25, 0.3) is 0 Å². The van der Waals surface area contributed by atoms with E-state index in [-0.39, 0.29) is 11.7 Å². The molecule has 2 aromatic rings. The van der Waals surface area contributed by atoms with Crippen LogP contribution in [0.3, 0.4) is 0 Å². The maximum absolute atomic E-state index is 13.0. The second kappa shape index (κ2) is 7.90. The average Bonchev–Trinajstić information content (AvgIpc) is 2.95. The number of hydrogen-bond acceptors (Lipinski definition) is 5. The lowest BCUT2D eigenvalue weighted by atomic mass is 9.94. The molecule has 0 unspecified atom stereocenters. The molecular weight excluding hydrogens is 358 g/mol. The Labute approximate surface area is 164 Å². The number of hydrogen-bond donors (Lipinski definition) is 0. The Morgan fingerprint density at radius 1 is 1.22 bits per heavy atom. The lowest BCUT2D eigenvalue weighted by Gasteiger charge is -2.36. The number of pyridine rings is 1. The number of ketones is 1. The van der Waals surface area contributed by atoms with Crippen molar-refractivity contribution in [2.24, 2.45) is 5.92 Å². The highest BCUT2D eigenvalue weighted by Gasteiger charge is 2.37. The Morgan fingerprint density at radius 2 is 2.11 bits per heavy atom. The van der Waals surface area contributed by atoms with Gasteiger partial charge >= 0.3 is 0 Å². The number of amides is 1. The summed E-state index contributed by atoms with van der Waals surface area (Å²) in [6.07, 6.45) is 6.42. The van der Waals surface area contributed by atoms with Crippen LogP contribution in [0.4, 0.5) is 0 Å². The minimum atomic E-state index is 0.0681. The minimum absolute atomic E-state index is 0.0681. The standard InChI is InChI=1S/C21H25N3O2S/c1-15(25)20-7-18(14-27-20)8-21(26)24-12-17-4-5-19(24)13-23(11-17)10-16-3-2-6-22-9-16/h2-3,6-7,9,14,17,19H,4-5,8,10-13H2,1H3/t17-,19+/m0/s1. The van der Waals surface area contributed by atoms with Crippen LogP contribution in [0.2, 0.25) is 0 Å². The molecule has 2 atom stereocenters. The van der Waals surface area contributed by atoms with E-state index in [1.165, 1.54) is 23.3 Å². The number of rotatable bonds is 5. The first-order valence-corrected chi connectivity index (χ1v) is 10.5. The summed E-state index contributed by atoms with van der Waals surface area (Å²) in [5.74, 6) is 0.805. The molecule has 0 spiro atoms. The SMILES string of the molecule is CC(=O)c1cc(CC(=O)N2C[C@H]3CC[C@@H]2CN(Cc2cccnc2)C3)cs1. The Morgan fingerprint density at radius 3 is 2.85 bits per heavy atom. The summed E-state index contributed by atoms with van der Waals surface area (Å²) in [6, 6.07) is 6.26. The number of carbonyl (C=O) groups excluding carboxylic acids is 2. The number of aromatic nitrogens is 1. The topological polar surface area (TPSA) is 53.5 Å². The molecule has 3 aliphatic heterocycles. The summed E-state index contributed by atoms with van der Waals surface area (Å²) in [6.45, 7) is 5.30.